The van der Waals surface area contributed by atoms with Crippen LogP contribution in [-0.2, 0) is 19.4 Å². The van der Waals surface area contributed by atoms with Crippen molar-refractivity contribution in [3.8, 4) is 0 Å². The van der Waals surface area contributed by atoms with Gasteiger partial charge in [-0.1, -0.05) is 0 Å². The van der Waals surface area contributed by atoms with Gasteiger partial charge in [0.2, 0.25) is 0 Å². The molecule has 5 heteroatoms. The number of aryl methyl sites for hydroxylation is 3. The molecular weight excluding hydrogens is 415 g/mol. The topological polar surface area (TPSA) is 54.9 Å². The fourth-order valence-electron chi connectivity index (χ4n) is 3.41. The van der Waals surface area contributed by atoms with E-state index >= 15 is 0 Å². The molecule has 1 heterocycles. The minimum atomic E-state index is -0.295. The Kier molecular flexibility index (Phi) is 6.71. The Morgan fingerprint density at radius 3 is 2.32 bits per heavy atom. The van der Waals surface area contributed by atoms with E-state index in [1.807, 2.05) is 25.1 Å². The number of hydrogen-bond donors (Lipinski definition) is 1. The summed E-state index contributed by atoms with van der Waals surface area (Å²) in [4.78, 5) is 27.5. The van der Waals surface area contributed by atoms with E-state index in [1.54, 1.807) is 4.57 Å². The molecule has 0 saturated heterocycles. The van der Waals surface area contributed by atoms with Gasteiger partial charge >= 0.3 is 172 Å². The number of H-pyrrole nitrogens is 1. The van der Waals surface area contributed by atoms with E-state index in [-0.39, 0.29) is 26.2 Å². The van der Waals surface area contributed by atoms with Crippen LogP contribution in [0.3, 0.4) is 0 Å². The molecule has 0 aliphatic heterocycles. The fourth-order valence-corrected chi connectivity index (χ4v) is 6.26. The van der Waals surface area contributed by atoms with Gasteiger partial charge in [0.1, 0.15) is 0 Å². The van der Waals surface area contributed by atoms with E-state index in [2.05, 4.69) is 49.2 Å². The van der Waals surface area contributed by atoms with E-state index in [9.17, 15) is 9.59 Å². The molecule has 1 aromatic heterocycles. The number of nitrogens with one attached hydrogen (secondary N) is 1. The van der Waals surface area contributed by atoms with Crippen LogP contribution in [0.1, 0.15) is 35.6 Å². The van der Waals surface area contributed by atoms with Crippen LogP contribution >= 0.6 is 0 Å². The van der Waals surface area contributed by atoms with Crippen molar-refractivity contribution < 1.29 is 0 Å². The van der Waals surface area contributed by atoms with Crippen LogP contribution in [0.25, 0.3) is 0 Å². The summed E-state index contributed by atoms with van der Waals surface area (Å²) in [6, 6.07) is 16.7. The SMILES string of the molecule is CCc1c([Se]c2cc(C)cc(C)c2)n(CCCc2ccccc2)c(=O)[nH]c1=O. The van der Waals surface area contributed by atoms with Gasteiger partial charge in [0.15, 0.2) is 0 Å². The number of rotatable bonds is 7. The van der Waals surface area contributed by atoms with Crippen LogP contribution in [0, 0.1) is 13.8 Å². The molecule has 28 heavy (non-hydrogen) atoms. The molecule has 0 aliphatic carbocycles. The molecule has 0 aliphatic rings. The second-order valence-electron chi connectivity index (χ2n) is 7.06. The Labute approximate surface area is 171 Å². The number of aromatic nitrogens is 2. The first kappa shape index (κ1) is 20.4. The van der Waals surface area contributed by atoms with Crippen LogP contribution in [0.5, 0.6) is 0 Å². The zero-order valence-corrected chi connectivity index (χ0v) is 18.3. The first-order valence-corrected chi connectivity index (χ1v) is 11.3. The van der Waals surface area contributed by atoms with Crippen molar-refractivity contribution in [1.29, 1.82) is 0 Å². The predicted molar refractivity (Wildman–Crippen MR) is 116 cm³/mol. The first-order chi connectivity index (χ1) is 13.5. The molecule has 0 bridgehead atoms. The predicted octanol–water partition coefficient (Wildman–Crippen LogP) is 2.00. The van der Waals surface area contributed by atoms with Crippen molar-refractivity contribution in [2.24, 2.45) is 0 Å². The molecule has 146 valence electrons. The molecule has 2 aromatic carbocycles. The second-order valence-corrected chi connectivity index (χ2v) is 9.29. The van der Waals surface area contributed by atoms with Crippen LogP contribution in [0.4, 0.5) is 0 Å². The van der Waals surface area contributed by atoms with Gasteiger partial charge in [-0.3, -0.25) is 0 Å². The van der Waals surface area contributed by atoms with Crippen LogP contribution in [0.15, 0.2) is 58.1 Å². The van der Waals surface area contributed by atoms with Crippen molar-refractivity contribution in [2.45, 2.75) is 46.6 Å². The maximum atomic E-state index is 12.6. The zero-order chi connectivity index (χ0) is 20.1. The van der Waals surface area contributed by atoms with E-state index in [0.29, 0.717) is 13.0 Å². The molecule has 3 aromatic rings. The third kappa shape index (κ3) is 4.92. The summed E-state index contributed by atoms with van der Waals surface area (Å²) < 4.78 is 3.89. The Balaban J connectivity index is 1.94. The van der Waals surface area contributed by atoms with Crippen molar-refractivity contribution in [2.75, 3.05) is 0 Å². The van der Waals surface area contributed by atoms with Crippen molar-refractivity contribution in [1.82, 2.24) is 9.55 Å². The van der Waals surface area contributed by atoms with Gasteiger partial charge in [-0.2, -0.15) is 0 Å². The molecule has 1 N–H and O–H groups in total. The summed E-state index contributed by atoms with van der Waals surface area (Å²) in [5, 5.41) is 0. The van der Waals surface area contributed by atoms with Crippen LogP contribution in [-0.4, -0.2) is 24.5 Å². The summed E-state index contributed by atoms with van der Waals surface area (Å²) >= 11 is -0.0950. The minimum absolute atomic E-state index is 0.0950. The number of hydrogen-bond acceptors (Lipinski definition) is 2. The van der Waals surface area contributed by atoms with Gasteiger partial charge in [-0.15, -0.1) is 0 Å². The summed E-state index contributed by atoms with van der Waals surface area (Å²) in [7, 11) is 0. The summed E-state index contributed by atoms with van der Waals surface area (Å²) in [6.07, 6.45) is 2.38. The summed E-state index contributed by atoms with van der Waals surface area (Å²) in [5.41, 5.74) is 3.87. The quantitative estimate of drug-likeness (QED) is 0.571. The normalized spacial score (nSPS) is 11.0. The average Bonchev–Trinajstić information content (AvgIpc) is 2.64. The standard InChI is InChI=1S/C23H26N2O2Se/c1-4-20-21(26)24-23(27)25(12-8-11-18-9-6-5-7-10-18)22(20)28-19-14-16(2)13-17(3)15-19/h5-7,9-10,13-15H,4,8,11-12H2,1-3H3,(H,24,26,27). The van der Waals surface area contributed by atoms with Crippen molar-refractivity contribution in [3.63, 3.8) is 0 Å². The second kappa shape index (κ2) is 9.22. The molecule has 0 spiro atoms. The van der Waals surface area contributed by atoms with Gasteiger partial charge in [0, 0.05) is 0 Å². The molecule has 0 fully saturated rings. The third-order valence-electron chi connectivity index (χ3n) is 4.70. The third-order valence-corrected chi connectivity index (χ3v) is 7.07. The molecule has 0 radical (unpaired) electrons. The van der Waals surface area contributed by atoms with Crippen molar-refractivity contribution in [3.05, 3.63) is 91.6 Å². The molecule has 0 amide bonds. The van der Waals surface area contributed by atoms with E-state index in [1.165, 1.54) is 21.2 Å². The Bertz CT molecular complexity index is 1050. The Morgan fingerprint density at radius 2 is 1.68 bits per heavy atom. The monoisotopic (exact) mass is 442 g/mol. The molecule has 0 unspecified atom stereocenters. The van der Waals surface area contributed by atoms with Gasteiger partial charge in [0.05, 0.1) is 0 Å². The van der Waals surface area contributed by atoms with Gasteiger partial charge in [0.25, 0.3) is 0 Å². The van der Waals surface area contributed by atoms with Crippen LogP contribution in [0.2, 0.25) is 0 Å². The fraction of sp³-hybridized carbons (Fsp3) is 0.304. The van der Waals surface area contributed by atoms with E-state index < -0.39 is 0 Å². The van der Waals surface area contributed by atoms with Crippen molar-refractivity contribution >= 4 is 24.0 Å². The molecule has 3 rings (SSSR count). The average molecular weight is 441 g/mol. The molecule has 4 nitrogen and oxygen atoms in total. The number of nitrogens with zero attached hydrogens (tertiary/aromatic N) is 1. The number of aromatic amines is 1. The Morgan fingerprint density at radius 1 is 1.00 bits per heavy atom. The van der Waals surface area contributed by atoms with Gasteiger partial charge in [-0.25, -0.2) is 0 Å². The maximum absolute atomic E-state index is 12.6. The molecule has 0 saturated carbocycles. The van der Waals surface area contributed by atoms with E-state index in [0.717, 1.165) is 23.0 Å². The molecular formula is C23H26N2O2Se. The number of benzene rings is 2. The summed E-state index contributed by atoms with van der Waals surface area (Å²) in [5.74, 6) is 0. The van der Waals surface area contributed by atoms with E-state index in [4.69, 9.17) is 0 Å². The first-order valence-electron chi connectivity index (χ1n) is 9.64. The van der Waals surface area contributed by atoms with Gasteiger partial charge in [-0.05, 0) is 0 Å². The summed E-state index contributed by atoms with van der Waals surface area (Å²) in [6.45, 7) is 6.75. The van der Waals surface area contributed by atoms with Crippen LogP contribution < -0.4 is 20.3 Å². The Hall–Kier alpha value is -2.36. The van der Waals surface area contributed by atoms with Gasteiger partial charge < -0.3 is 0 Å². The molecule has 0 atom stereocenters. The zero-order valence-electron chi connectivity index (χ0n) is 16.6.